The Labute approximate surface area is 88.9 Å². The highest BCUT2D eigenvalue weighted by atomic mass is 16.2. The molecular weight excluding hydrogens is 190 g/mol. The van der Waals surface area contributed by atoms with Crippen molar-refractivity contribution in [3.05, 3.63) is 35.9 Å². The van der Waals surface area contributed by atoms with Gasteiger partial charge < -0.3 is 16.4 Å². The van der Waals surface area contributed by atoms with Gasteiger partial charge in [-0.1, -0.05) is 30.3 Å². The first-order chi connectivity index (χ1) is 7.27. The number of nitrogens with two attached hydrogens (primary N) is 1. The lowest BCUT2D eigenvalue weighted by molar-refractivity contribution is 0.245. The summed E-state index contributed by atoms with van der Waals surface area (Å²) in [6.07, 6.45) is 0. The van der Waals surface area contributed by atoms with Crippen molar-refractivity contribution < 1.29 is 4.79 Å². The highest BCUT2D eigenvalue weighted by Gasteiger charge is 2.28. The van der Waals surface area contributed by atoms with E-state index in [0.717, 1.165) is 13.1 Å². The third kappa shape index (κ3) is 2.27. The molecule has 2 unspecified atom stereocenters. The maximum absolute atomic E-state index is 10.8. The maximum Gasteiger partial charge on any atom is 0.312 e. The van der Waals surface area contributed by atoms with Crippen molar-refractivity contribution in [1.82, 2.24) is 10.6 Å². The predicted molar refractivity (Wildman–Crippen MR) is 58.6 cm³/mol. The second-order valence-corrected chi connectivity index (χ2v) is 3.79. The standard InChI is InChI=1S/C11H15N3O/c12-11(15)14-10-7-13-6-9(10)8-4-2-1-3-5-8/h1-5,9-10,13H,6-7H2,(H3,12,14,15). The van der Waals surface area contributed by atoms with Crippen LogP contribution in [0, 0.1) is 0 Å². The molecule has 0 spiro atoms. The van der Waals surface area contributed by atoms with E-state index in [1.165, 1.54) is 5.56 Å². The molecule has 1 heterocycles. The molecule has 1 fully saturated rings. The Bertz CT molecular complexity index is 339. The van der Waals surface area contributed by atoms with Gasteiger partial charge in [0.2, 0.25) is 0 Å². The van der Waals surface area contributed by atoms with Crippen LogP contribution in [0.1, 0.15) is 11.5 Å². The molecule has 80 valence electrons. The molecule has 0 bridgehead atoms. The number of rotatable bonds is 2. The van der Waals surface area contributed by atoms with Crippen LogP contribution in [-0.2, 0) is 0 Å². The smallest absolute Gasteiger partial charge is 0.312 e. The van der Waals surface area contributed by atoms with Gasteiger partial charge in [0, 0.05) is 19.0 Å². The van der Waals surface area contributed by atoms with Crippen LogP contribution in [-0.4, -0.2) is 25.2 Å². The number of carbonyl (C=O) groups is 1. The third-order valence-corrected chi connectivity index (χ3v) is 2.77. The number of benzene rings is 1. The van der Waals surface area contributed by atoms with Crippen molar-refractivity contribution in [2.45, 2.75) is 12.0 Å². The summed E-state index contributed by atoms with van der Waals surface area (Å²) in [4.78, 5) is 10.8. The molecule has 15 heavy (non-hydrogen) atoms. The van der Waals surface area contributed by atoms with E-state index >= 15 is 0 Å². The summed E-state index contributed by atoms with van der Waals surface area (Å²) >= 11 is 0. The number of nitrogens with one attached hydrogen (secondary N) is 2. The van der Waals surface area contributed by atoms with Crippen molar-refractivity contribution in [3.63, 3.8) is 0 Å². The zero-order valence-electron chi connectivity index (χ0n) is 8.44. The van der Waals surface area contributed by atoms with E-state index in [9.17, 15) is 4.79 Å². The van der Waals surface area contributed by atoms with Crippen LogP contribution in [0.3, 0.4) is 0 Å². The van der Waals surface area contributed by atoms with E-state index in [0.29, 0.717) is 5.92 Å². The first-order valence-electron chi connectivity index (χ1n) is 5.09. The molecule has 1 aromatic rings. The van der Waals surface area contributed by atoms with Crippen LogP contribution >= 0.6 is 0 Å². The van der Waals surface area contributed by atoms with Gasteiger partial charge in [-0.25, -0.2) is 4.79 Å². The van der Waals surface area contributed by atoms with Crippen LogP contribution in [0.2, 0.25) is 0 Å². The van der Waals surface area contributed by atoms with Gasteiger partial charge >= 0.3 is 6.03 Å². The van der Waals surface area contributed by atoms with E-state index in [1.807, 2.05) is 18.2 Å². The second kappa shape index (κ2) is 4.31. The Morgan fingerprint density at radius 1 is 1.33 bits per heavy atom. The van der Waals surface area contributed by atoms with E-state index in [2.05, 4.69) is 22.8 Å². The summed E-state index contributed by atoms with van der Waals surface area (Å²) in [5.74, 6) is 0.318. The van der Waals surface area contributed by atoms with Gasteiger partial charge in [-0.15, -0.1) is 0 Å². The van der Waals surface area contributed by atoms with Crippen molar-refractivity contribution in [2.75, 3.05) is 13.1 Å². The quantitative estimate of drug-likeness (QED) is 0.654. The first-order valence-corrected chi connectivity index (χ1v) is 5.09. The molecule has 1 aliphatic rings. The molecule has 4 heteroatoms. The molecule has 4 nitrogen and oxygen atoms in total. The van der Waals surface area contributed by atoms with Crippen LogP contribution in [0.15, 0.2) is 30.3 Å². The normalized spacial score (nSPS) is 25.1. The molecule has 2 rings (SSSR count). The summed E-state index contributed by atoms with van der Waals surface area (Å²) in [6.45, 7) is 1.66. The molecule has 0 aliphatic carbocycles. The second-order valence-electron chi connectivity index (χ2n) is 3.79. The first kappa shape index (κ1) is 9.98. The molecule has 0 aromatic heterocycles. The molecule has 2 atom stereocenters. The summed E-state index contributed by atoms with van der Waals surface area (Å²) in [7, 11) is 0. The topological polar surface area (TPSA) is 67.2 Å². The minimum absolute atomic E-state index is 0.102. The van der Waals surface area contributed by atoms with Gasteiger partial charge in [0.25, 0.3) is 0 Å². The average molecular weight is 205 g/mol. The maximum atomic E-state index is 10.8. The van der Waals surface area contributed by atoms with Crippen LogP contribution in [0.5, 0.6) is 0 Å². The van der Waals surface area contributed by atoms with Gasteiger partial charge in [-0.05, 0) is 5.56 Å². The van der Waals surface area contributed by atoms with Gasteiger partial charge in [0.15, 0.2) is 0 Å². The summed E-state index contributed by atoms with van der Waals surface area (Å²) < 4.78 is 0. The van der Waals surface area contributed by atoms with E-state index in [4.69, 9.17) is 5.73 Å². The van der Waals surface area contributed by atoms with E-state index in [1.54, 1.807) is 0 Å². The molecular formula is C11H15N3O. The largest absolute Gasteiger partial charge is 0.352 e. The van der Waals surface area contributed by atoms with E-state index in [-0.39, 0.29) is 6.04 Å². The van der Waals surface area contributed by atoms with Crippen LogP contribution in [0.4, 0.5) is 4.79 Å². The number of hydrogen-bond acceptors (Lipinski definition) is 2. The highest BCUT2D eigenvalue weighted by Crippen LogP contribution is 2.22. The number of primary amides is 1. The molecule has 1 saturated heterocycles. The number of amides is 2. The zero-order chi connectivity index (χ0) is 10.7. The summed E-state index contributed by atoms with van der Waals surface area (Å²) in [5, 5.41) is 6.02. The Kier molecular flexibility index (Phi) is 2.87. The predicted octanol–water partition coefficient (Wildman–Crippen LogP) is 0.410. The number of carbonyl (C=O) groups excluding carboxylic acids is 1. The molecule has 2 amide bonds. The van der Waals surface area contributed by atoms with Crippen LogP contribution in [0.25, 0.3) is 0 Å². The van der Waals surface area contributed by atoms with Crippen LogP contribution < -0.4 is 16.4 Å². The molecule has 0 radical (unpaired) electrons. The Balaban J connectivity index is 2.11. The minimum Gasteiger partial charge on any atom is -0.352 e. The Morgan fingerprint density at radius 2 is 2.07 bits per heavy atom. The van der Waals surface area contributed by atoms with Gasteiger partial charge in [-0.3, -0.25) is 0 Å². The van der Waals surface area contributed by atoms with Gasteiger partial charge in [0.1, 0.15) is 0 Å². The van der Waals surface area contributed by atoms with Crippen molar-refractivity contribution in [3.8, 4) is 0 Å². The van der Waals surface area contributed by atoms with Gasteiger partial charge in [-0.2, -0.15) is 0 Å². The summed E-state index contributed by atoms with van der Waals surface area (Å²) in [5.41, 5.74) is 6.37. The Morgan fingerprint density at radius 3 is 2.73 bits per heavy atom. The third-order valence-electron chi connectivity index (χ3n) is 2.77. The average Bonchev–Trinajstić information content (AvgIpc) is 2.66. The fourth-order valence-corrected chi connectivity index (χ4v) is 2.06. The zero-order valence-corrected chi connectivity index (χ0v) is 8.44. The number of urea groups is 1. The lowest BCUT2D eigenvalue weighted by atomic mass is 9.94. The Hall–Kier alpha value is -1.55. The van der Waals surface area contributed by atoms with Crippen molar-refractivity contribution in [2.24, 2.45) is 5.73 Å². The molecule has 1 aromatic carbocycles. The van der Waals surface area contributed by atoms with Crippen molar-refractivity contribution >= 4 is 6.03 Å². The molecule has 0 saturated carbocycles. The lowest BCUT2D eigenvalue weighted by Gasteiger charge is -2.19. The fraction of sp³-hybridized carbons (Fsp3) is 0.364. The summed E-state index contributed by atoms with van der Waals surface area (Å²) in [6, 6.07) is 9.81. The van der Waals surface area contributed by atoms with Gasteiger partial charge in [0.05, 0.1) is 6.04 Å². The molecule has 1 aliphatic heterocycles. The SMILES string of the molecule is NC(=O)NC1CNCC1c1ccccc1. The fourth-order valence-electron chi connectivity index (χ4n) is 2.06. The highest BCUT2D eigenvalue weighted by molar-refractivity contribution is 5.72. The number of hydrogen-bond donors (Lipinski definition) is 3. The van der Waals surface area contributed by atoms with Crippen molar-refractivity contribution in [1.29, 1.82) is 0 Å². The minimum atomic E-state index is -0.454. The monoisotopic (exact) mass is 205 g/mol. The lowest BCUT2D eigenvalue weighted by Crippen LogP contribution is -2.42. The molecule has 4 N–H and O–H groups in total. The van der Waals surface area contributed by atoms with E-state index < -0.39 is 6.03 Å².